The molecule has 1 saturated heterocycles. The van der Waals surface area contributed by atoms with Crippen molar-refractivity contribution in [1.82, 2.24) is 14.8 Å². The standard InChI is InChI=1S/C24H25BrN4O2S/c1-2-22-23(14-30)28(13-16-3-5-19-20(26)7-8-27-21(19)11-16)9-10-29(22)24(31)6-4-18-12-17(25)15-32-18/h3-8,11-12,14-15,22-23H,2,9-10,13H2,1H3,(H2,26,27)/t22-,23?/m0/s1. The molecule has 2 atom stereocenters. The molecule has 0 saturated carbocycles. The number of hydrogen-bond acceptors (Lipinski definition) is 6. The number of piperazine rings is 1. The van der Waals surface area contributed by atoms with Crippen LogP contribution in [0.5, 0.6) is 0 Å². The van der Waals surface area contributed by atoms with Crippen molar-refractivity contribution in [3.8, 4) is 0 Å². The van der Waals surface area contributed by atoms with Crippen LogP contribution in [0.3, 0.4) is 0 Å². The van der Waals surface area contributed by atoms with Gasteiger partial charge in [-0.15, -0.1) is 11.3 Å². The maximum atomic E-state index is 12.9. The molecule has 1 aliphatic rings. The Bertz CT molecular complexity index is 1160. The molecule has 1 fully saturated rings. The van der Waals surface area contributed by atoms with Gasteiger partial charge in [0, 0.05) is 57.7 Å². The first-order valence-corrected chi connectivity index (χ1v) is 12.2. The Morgan fingerprint density at radius 1 is 1.31 bits per heavy atom. The van der Waals surface area contributed by atoms with Crippen LogP contribution >= 0.6 is 27.3 Å². The van der Waals surface area contributed by atoms with Gasteiger partial charge in [0.1, 0.15) is 6.29 Å². The van der Waals surface area contributed by atoms with E-state index in [4.69, 9.17) is 5.73 Å². The van der Waals surface area contributed by atoms with Crippen molar-refractivity contribution in [1.29, 1.82) is 0 Å². The van der Waals surface area contributed by atoms with Crippen molar-refractivity contribution < 1.29 is 9.59 Å². The normalized spacial score (nSPS) is 19.6. The highest BCUT2D eigenvalue weighted by Crippen LogP contribution is 2.25. The minimum atomic E-state index is -0.355. The third-order valence-corrected chi connectivity index (χ3v) is 7.55. The summed E-state index contributed by atoms with van der Waals surface area (Å²) in [5.41, 5.74) is 8.65. The van der Waals surface area contributed by atoms with Gasteiger partial charge >= 0.3 is 0 Å². The number of amides is 1. The molecule has 6 nitrogen and oxygen atoms in total. The molecule has 2 aromatic heterocycles. The second kappa shape index (κ2) is 9.94. The Labute approximate surface area is 199 Å². The maximum Gasteiger partial charge on any atom is 0.246 e. The van der Waals surface area contributed by atoms with Gasteiger partial charge in [-0.1, -0.05) is 19.1 Å². The predicted octanol–water partition coefficient (Wildman–Crippen LogP) is 4.34. The molecular weight excluding hydrogens is 488 g/mol. The van der Waals surface area contributed by atoms with Gasteiger partial charge in [0.05, 0.1) is 17.6 Å². The van der Waals surface area contributed by atoms with E-state index in [2.05, 4.69) is 25.8 Å². The first-order chi connectivity index (χ1) is 15.5. The number of thiophene rings is 1. The minimum absolute atomic E-state index is 0.0572. The number of nitrogen functional groups attached to an aromatic ring is 1. The van der Waals surface area contributed by atoms with Gasteiger partial charge in [0.2, 0.25) is 5.91 Å². The van der Waals surface area contributed by atoms with E-state index in [-0.39, 0.29) is 18.0 Å². The first kappa shape index (κ1) is 22.6. The number of halogens is 1. The Balaban J connectivity index is 1.50. The summed E-state index contributed by atoms with van der Waals surface area (Å²) in [5, 5.41) is 2.91. The molecule has 4 rings (SSSR count). The van der Waals surface area contributed by atoms with E-state index >= 15 is 0 Å². The number of benzene rings is 1. The second-order valence-electron chi connectivity index (χ2n) is 7.86. The van der Waals surface area contributed by atoms with Gasteiger partial charge in [-0.05, 0) is 52.2 Å². The average Bonchev–Trinajstić information content (AvgIpc) is 3.22. The lowest BCUT2D eigenvalue weighted by molar-refractivity contribution is -0.135. The quantitative estimate of drug-likeness (QED) is 0.392. The van der Waals surface area contributed by atoms with Gasteiger partial charge in [-0.3, -0.25) is 14.7 Å². The molecule has 3 aromatic rings. The number of aldehydes is 1. The zero-order chi connectivity index (χ0) is 22.7. The topological polar surface area (TPSA) is 79.5 Å². The number of carbonyl (C=O) groups excluding carboxylic acids is 2. The lowest BCUT2D eigenvalue weighted by Crippen LogP contribution is -2.60. The van der Waals surface area contributed by atoms with Crippen LogP contribution in [0.2, 0.25) is 0 Å². The monoisotopic (exact) mass is 512 g/mol. The molecule has 1 aliphatic heterocycles. The van der Waals surface area contributed by atoms with Crippen molar-refractivity contribution in [2.75, 3.05) is 18.8 Å². The number of pyridine rings is 1. The molecule has 0 bridgehead atoms. The third-order valence-electron chi connectivity index (χ3n) is 5.89. The minimum Gasteiger partial charge on any atom is -0.398 e. The molecular formula is C24H25BrN4O2S. The number of nitrogens with zero attached hydrogens (tertiary/aromatic N) is 3. The smallest absolute Gasteiger partial charge is 0.246 e. The SMILES string of the molecule is CC[C@H]1C(C=O)N(Cc2ccc3c(N)ccnc3c2)CCN1C(=O)C=Cc1cc(Br)cs1. The maximum absolute atomic E-state index is 12.9. The van der Waals surface area contributed by atoms with Gasteiger partial charge in [-0.2, -0.15) is 0 Å². The fourth-order valence-corrected chi connectivity index (χ4v) is 5.63. The lowest BCUT2D eigenvalue weighted by Gasteiger charge is -2.45. The van der Waals surface area contributed by atoms with E-state index in [9.17, 15) is 9.59 Å². The van der Waals surface area contributed by atoms with Crippen LogP contribution in [0.4, 0.5) is 5.69 Å². The number of anilines is 1. The highest BCUT2D eigenvalue weighted by atomic mass is 79.9. The molecule has 8 heteroatoms. The third kappa shape index (κ3) is 4.77. The van der Waals surface area contributed by atoms with Crippen LogP contribution < -0.4 is 5.73 Å². The van der Waals surface area contributed by atoms with E-state index in [1.54, 1.807) is 29.7 Å². The zero-order valence-corrected chi connectivity index (χ0v) is 20.2. The summed E-state index contributed by atoms with van der Waals surface area (Å²) >= 11 is 5.00. The number of hydrogen-bond donors (Lipinski definition) is 1. The van der Waals surface area contributed by atoms with Crippen LogP contribution in [-0.4, -0.2) is 52.2 Å². The lowest BCUT2D eigenvalue weighted by atomic mass is 9.98. The highest BCUT2D eigenvalue weighted by molar-refractivity contribution is 9.10. The summed E-state index contributed by atoms with van der Waals surface area (Å²) in [5.74, 6) is -0.0572. The van der Waals surface area contributed by atoms with Crippen LogP contribution in [0.15, 0.2) is 52.5 Å². The van der Waals surface area contributed by atoms with Crippen molar-refractivity contribution in [3.63, 3.8) is 0 Å². The summed E-state index contributed by atoms with van der Waals surface area (Å²) in [4.78, 5) is 34.4. The molecule has 3 heterocycles. The Morgan fingerprint density at radius 2 is 2.16 bits per heavy atom. The molecule has 166 valence electrons. The number of nitrogens with two attached hydrogens (primary N) is 1. The Hall–Kier alpha value is -2.55. The molecule has 1 unspecified atom stereocenters. The summed E-state index contributed by atoms with van der Waals surface area (Å²) < 4.78 is 1.00. The van der Waals surface area contributed by atoms with Crippen molar-refractivity contribution in [3.05, 3.63) is 62.9 Å². The number of carbonyl (C=O) groups is 2. The zero-order valence-electron chi connectivity index (χ0n) is 17.8. The van der Waals surface area contributed by atoms with Crippen LogP contribution in [-0.2, 0) is 16.1 Å². The Morgan fingerprint density at radius 3 is 2.88 bits per heavy atom. The van der Waals surface area contributed by atoms with Crippen molar-refractivity contribution >= 4 is 62.1 Å². The number of fused-ring (bicyclic) bond motifs is 1. The van der Waals surface area contributed by atoms with E-state index < -0.39 is 0 Å². The molecule has 0 spiro atoms. The molecule has 1 amide bonds. The predicted molar refractivity (Wildman–Crippen MR) is 133 cm³/mol. The average molecular weight is 513 g/mol. The fraction of sp³-hybridized carbons (Fsp3) is 0.292. The van der Waals surface area contributed by atoms with Gasteiger partial charge in [0.25, 0.3) is 0 Å². The van der Waals surface area contributed by atoms with E-state index in [1.165, 1.54) is 0 Å². The van der Waals surface area contributed by atoms with Crippen molar-refractivity contribution in [2.45, 2.75) is 32.0 Å². The Kier molecular flexibility index (Phi) is 7.03. The summed E-state index contributed by atoms with van der Waals surface area (Å²) in [6, 6.07) is 9.28. The van der Waals surface area contributed by atoms with E-state index in [0.29, 0.717) is 31.7 Å². The molecule has 2 N–H and O–H groups in total. The molecule has 0 radical (unpaired) electrons. The largest absolute Gasteiger partial charge is 0.398 e. The fourth-order valence-electron chi connectivity index (χ4n) is 4.29. The van der Waals surface area contributed by atoms with Gasteiger partial charge < -0.3 is 15.4 Å². The molecule has 0 aliphatic carbocycles. The van der Waals surface area contributed by atoms with E-state index in [0.717, 1.165) is 32.1 Å². The summed E-state index contributed by atoms with van der Waals surface area (Å²) in [6.45, 7) is 3.85. The van der Waals surface area contributed by atoms with Gasteiger partial charge in [-0.25, -0.2) is 0 Å². The summed E-state index contributed by atoms with van der Waals surface area (Å²) in [7, 11) is 0. The summed E-state index contributed by atoms with van der Waals surface area (Å²) in [6.07, 6.45) is 6.83. The van der Waals surface area contributed by atoms with Crippen molar-refractivity contribution in [2.24, 2.45) is 0 Å². The van der Waals surface area contributed by atoms with E-state index in [1.807, 2.05) is 47.5 Å². The first-order valence-electron chi connectivity index (χ1n) is 10.6. The molecule has 32 heavy (non-hydrogen) atoms. The number of aromatic nitrogens is 1. The van der Waals surface area contributed by atoms with Crippen LogP contribution in [0.1, 0.15) is 23.8 Å². The van der Waals surface area contributed by atoms with Crippen LogP contribution in [0.25, 0.3) is 17.0 Å². The molecule has 1 aromatic carbocycles. The van der Waals surface area contributed by atoms with Gasteiger partial charge in [0.15, 0.2) is 0 Å². The second-order valence-corrected chi connectivity index (χ2v) is 9.72. The number of rotatable bonds is 6. The highest BCUT2D eigenvalue weighted by Gasteiger charge is 2.37. The van der Waals surface area contributed by atoms with Crippen LogP contribution in [0, 0.1) is 0 Å².